The molecule has 2 heteroatoms. The maximum Gasteiger partial charge on any atom is 0.101 e. The van der Waals surface area contributed by atoms with Crippen molar-refractivity contribution in [1.82, 2.24) is 0 Å². The first kappa shape index (κ1) is 11.6. The van der Waals surface area contributed by atoms with E-state index in [0.29, 0.717) is 5.41 Å². The second kappa shape index (κ2) is 4.65. The van der Waals surface area contributed by atoms with E-state index in [2.05, 4.69) is 17.0 Å². The third kappa shape index (κ3) is 1.99. The number of hydrogen-bond acceptors (Lipinski definition) is 2. The fourth-order valence-electron chi connectivity index (χ4n) is 3.57. The maximum absolute atomic E-state index is 9.16. The second-order valence-electron chi connectivity index (χ2n) is 5.90. The molecule has 1 saturated carbocycles. The second-order valence-corrected chi connectivity index (χ2v) is 5.90. The van der Waals surface area contributed by atoms with Gasteiger partial charge in [0.05, 0.1) is 11.3 Å². The summed E-state index contributed by atoms with van der Waals surface area (Å²) in [6.45, 7) is 2.32. The molecule has 1 spiro atoms. The van der Waals surface area contributed by atoms with Crippen molar-refractivity contribution in [3.63, 3.8) is 0 Å². The Morgan fingerprint density at radius 3 is 2.33 bits per heavy atom. The molecule has 1 heterocycles. The highest BCUT2D eigenvalue weighted by atomic mass is 15.2. The van der Waals surface area contributed by atoms with Crippen LogP contribution in [-0.2, 0) is 0 Å². The monoisotopic (exact) mass is 240 g/mol. The minimum atomic E-state index is 0.569. The molecule has 1 aliphatic carbocycles. The fraction of sp³-hybridized carbons (Fsp3) is 0.562. The number of para-hydroxylation sites is 1. The van der Waals surface area contributed by atoms with E-state index in [9.17, 15) is 0 Å². The van der Waals surface area contributed by atoms with Crippen molar-refractivity contribution in [2.45, 2.75) is 38.5 Å². The molecule has 1 aliphatic heterocycles. The van der Waals surface area contributed by atoms with Gasteiger partial charge in [-0.15, -0.1) is 0 Å². The lowest BCUT2D eigenvalue weighted by molar-refractivity contribution is 0.180. The first-order chi connectivity index (χ1) is 8.83. The molecule has 0 N–H and O–H groups in total. The Morgan fingerprint density at radius 2 is 1.67 bits per heavy atom. The molecule has 1 aromatic rings. The molecule has 2 aliphatic rings. The molecule has 2 fully saturated rings. The van der Waals surface area contributed by atoms with Gasteiger partial charge in [0.2, 0.25) is 0 Å². The molecule has 2 nitrogen and oxygen atoms in total. The van der Waals surface area contributed by atoms with Crippen molar-refractivity contribution in [2.75, 3.05) is 18.0 Å². The molecule has 0 unspecified atom stereocenters. The highest BCUT2D eigenvalue weighted by molar-refractivity contribution is 5.61. The van der Waals surface area contributed by atoms with Gasteiger partial charge in [-0.1, -0.05) is 37.8 Å². The molecule has 0 atom stereocenters. The van der Waals surface area contributed by atoms with Crippen LogP contribution in [0.5, 0.6) is 0 Å². The number of nitrogens with zero attached hydrogens (tertiary/aromatic N) is 2. The fourth-order valence-corrected chi connectivity index (χ4v) is 3.57. The molecule has 1 saturated heterocycles. The van der Waals surface area contributed by atoms with E-state index in [1.165, 1.54) is 38.5 Å². The summed E-state index contributed by atoms with van der Waals surface area (Å²) in [5.41, 5.74) is 2.52. The van der Waals surface area contributed by atoms with Gasteiger partial charge in [0.1, 0.15) is 6.07 Å². The summed E-state index contributed by atoms with van der Waals surface area (Å²) in [6.07, 6.45) is 8.39. The smallest absolute Gasteiger partial charge is 0.101 e. The molecule has 94 valence electrons. The van der Waals surface area contributed by atoms with Crippen molar-refractivity contribution in [3.8, 4) is 6.07 Å². The predicted octanol–water partition coefficient (Wildman–Crippen LogP) is 3.72. The molecule has 0 bridgehead atoms. The van der Waals surface area contributed by atoms with Gasteiger partial charge in [0, 0.05) is 18.5 Å². The normalized spacial score (nSPS) is 22.1. The van der Waals surface area contributed by atoms with Crippen LogP contribution in [0.25, 0.3) is 0 Å². The van der Waals surface area contributed by atoms with Gasteiger partial charge in [0.25, 0.3) is 0 Å². The zero-order valence-corrected chi connectivity index (χ0v) is 10.9. The first-order valence-corrected chi connectivity index (χ1v) is 7.07. The SMILES string of the molecule is N#Cc1ccccc1N1CC2(CCCCCC2)C1. The van der Waals surface area contributed by atoms with Crippen LogP contribution in [0.4, 0.5) is 5.69 Å². The predicted molar refractivity (Wildman–Crippen MR) is 73.5 cm³/mol. The van der Waals surface area contributed by atoms with E-state index < -0.39 is 0 Å². The van der Waals surface area contributed by atoms with Crippen molar-refractivity contribution in [3.05, 3.63) is 29.8 Å². The highest BCUT2D eigenvalue weighted by Gasteiger charge is 2.43. The average molecular weight is 240 g/mol. The summed E-state index contributed by atoms with van der Waals surface area (Å²) in [7, 11) is 0. The average Bonchev–Trinajstić information content (AvgIpc) is 2.62. The number of hydrogen-bond donors (Lipinski definition) is 0. The quantitative estimate of drug-likeness (QED) is 0.748. The van der Waals surface area contributed by atoms with E-state index in [0.717, 1.165) is 24.3 Å². The third-order valence-electron chi connectivity index (χ3n) is 4.58. The van der Waals surface area contributed by atoms with Crippen LogP contribution in [0.1, 0.15) is 44.1 Å². The van der Waals surface area contributed by atoms with Gasteiger partial charge < -0.3 is 4.90 Å². The van der Waals surface area contributed by atoms with Gasteiger partial charge in [0.15, 0.2) is 0 Å². The lowest BCUT2D eigenvalue weighted by Crippen LogP contribution is -2.56. The van der Waals surface area contributed by atoms with Crippen LogP contribution in [0.15, 0.2) is 24.3 Å². The Balaban J connectivity index is 1.73. The van der Waals surface area contributed by atoms with Gasteiger partial charge in [-0.3, -0.25) is 0 Å². The summed E-state index contributed by atoms with van der Waals surface area (Å²) >= 11 is 0. The van der Waals surface area contributed by atoms with E-state index in [4.69, 9.17) is 5.26 Å². The van der Waals surface area contributed by atoms with Crippen LogP contribution in [0, 0.1) is 16.7 Å². The summed E-state index contributed by atoms with van der Waals surface area (Å²) in [5, 5.41) is 9.16. The van der Waals surface area contributed by atoms with Crippen LogP contribution >= 0.6 is 0 Å². The zero-order valence-electron chi connectivity index (χ0n) is 10.9. The third-order valence-corrected chi connectivity index (χ3v) is 4.58. The standard InChI is InChI=1S/C16H20N2/c17-11-14-7-3-4-8-15(14)18-12-16(13-18)9-5-1-2-6-10-16/h3-4,7-8H,1-2,5-6,9-10,12-13H2. The molecule has 3 rings (SSSR count). The molecular formula is C16H20N2. The first-order valence-electron chi connectivity index (χ1n) is 7.07. The van der Waals surface area contributed by atoms with E-state index in [-0.39, 0.29) is 0 Å². The van der Waals surface area contributed by atoms with E-state index in [1.807, 2.05) is 18.2 Å². The van der Waals surface area contributed by atoms with Crippen LogP contribution in [0.3, 0.4) is 0 Å². The summed E-state index contributed by atoms with van der Waals surface area (Å²) in [5.74, 6) is 0. The maximum atomic E-state index is 9.16. The molecule has 18 heavy (non-hydrogen) atoms. The van der Waals surface area contributed by atoms with Crippen molar-refractivity contribution in [1.29, 1.82) is 5.26 Å². The lowest BCUT2D eigenvalue weighted by atomic mass is 9.73. The Hall–Kier alpha value is -1.49. The number of rotatable bonds is 1. The Bertz CT molecular complexity index is 456. The van der Waals surface area contributed by atoms with E-state index >= 15 is 0 Å². The van der Waals surface area contributed by atoms with Gasteiger partial charge in [-0.05, 0) is 25.0 Å². The van der Waals surface area contributed by atoms with Crippen molar-refractivity contribution in [2.24, 2.45) is 5.41 Å². The minimum absolute atomic E-state index is 0.569. The molecular weight excluding hydrogens is 220 g/mol. The Morgan fingerprint density at radius 1 is 1.00 bits per heavy atom. The highest BCUT2D eigenvalue weighted by Crippen LogP contribution is 2.45. The van der Waals surface area contributed by atoms with Crippen LogP contribution in [0.2, 0.25) is 0 Å². The summed E-state index contributed by atoms with van der Waals surface area (Å²) in [4.78, 5) is 2.39. The summed E-state index contributed by atoms with van der Waals surface area (Å²) in [6, 6.07) is 10.3. The summed E-state index contributed by atoms with van der Waals surface area (Å²) < 4.78 is 0. The topological polar surface area (TPSA) is 27.0 Å². The minimum Gasteiger partial charge on any atom is -0.369 e. The molecule has 0 aromatic heterocycles. The van der Waals surface area contributed by atoms with Gasteiger partial charge >= 0.3 is 0 Å². The van der Waals surface area contributed by atoms with Crippen molar-refractivity contribution < 1.29 is 0 Å². The van der Waals surface area contributed by atoms with Crippen molar-refractivity contribution >= 4 is 5.69 Å². The van der Waals surface area contributed by atoms with Crippen LogP contribution < -0.4 is 4.90 Å². The molecule has 0 radical (unpaired) electrons. The Kier molecular flexibility index (Phi) is 2.99. The number of anilines is 1. The van der Waals surface area contributed by atoms with Crippen LogP contribution in [-0.4, -0.2) is 13.1 Å². The lowest BCUT2D eigenvalue weighted by Gasteiger charge is -2.52. The van der Waals surface area contributed by atoms with Gasteiger partial charge in [-0.2, -0.15) is 5.26 Å². The van der Waals surface area contributed by atoms with E-state index in [1.54, 1.807) is 0 Å². The Labute approximate surface area is 109 Å². The largest absolute Gasteiger partial charge is 0.369 e. The zero-order chi connectivity index (χ0) is 12.4. The number of nitriles is 1. The number of benzene rings is 1. The molecule has 0 amide bonds. The molecule has 1 aromatic carbocycles. The van der Waals surface area contributed by atoms with Gasteiger partial charge in [-0.25, -0.2) is 0 Å².